The van der Waals surface area contributed by atoms with Gasteiger partial charge in [-0.25, -0.2) is 4.67 Å². The number of methoxy groups -OCH3 is 2. The van der Waals surface area contributed by atoms with Gasteiger partial charge in [-0.05, 0) is 109 Å². The average Bonchev–Trinajstić information content (AvgIpc) is 3.84. The van der Waals surface area contributed by atoms with Crippen molar-refractivity contribution in [3.8, 4) is 23.3 Å². The maximum absolute atomic E-state index is 14.5. The Morgan fingerprint density at radius 2 is 1.33 bits per heavy atom. The number of nitriles is 1. The van der Waals surface area contributed by atoms with E-state index in [1.165, 1.54) is 16.8 Å². The Labute approximate surface area is 427 Å². The fourth-order valence-electron chi connectivity index (χ4n) is 9.65. The van der Waals surface area contributed by atoms with Crippen LogP contribution < -0.4 is 19.2 Å². The predicted octanol–water partition coefficient (Wildman–Crippen LogP) is 11.3. The summed E-state index contributed by atoms with van der Waals surface area (Å²) in [6.45, 7) is 20.3. The molecule has 72 heavy (non-hydrogen) atoms. The van der Waals surface area contributed by atoms with Crippen LogP contribution in [0.2, 0.25) is 0 Å². The lowest BCUT2D eigenvalue weighted by atomic mass is 9.79. The highest BCUT2D eigenvalue weighted by molar-refractivity contribution is 7.87. The van der Waals surface area contributed by atoms with Crippen molar-refractivity contribution in [2.75, 3.05) is 34.0 Å². The van der Waals surface area contributed by atoms with E-state index in [0.717, 1.165) is 28.3 Å². The molecule has 2 aliphatic heterocycles. The Hall–Kier alpha value is -5.14. The van der Waals surface area contributed by atoms with Crippen molar-refractivity contribution >= 4 is 18.6 Å². The molecule has 5 atom stereocenters. The third-order valence-corrected chi connectivity index (χ3v) is 16.8. The molecule has 4 aromatic carbocycles. The van der Waals surface area contributed by atoms with E-state index in [2.05, 4.69) is 52.3 Å². The van der Waals surface area contributed by atoms with Crippen molar-refractivity contribution in [3.63, 3.8) is 0 Å². The first kappa shape index (κ1) is 54.6. The van der Waals surface area contributed by atoms with E-state index in [1.54, 1.807) is 14.2 Å². The molecule has 7 rings (SSSR count). The highest BCUT2D eigenvalue weighted by Gasteiger charge is 2.65. The van der Waals surface area contributed by atoms with Crippen molar-refractivity contribution in [1.82, 2.24) is 9.24 Å². The number of rotatable bonds is 23. The molecule has 16 heteroatoms. The van der Waals surface area contributed by atoms with Crippen molar-refractivity contribution in [2.24, 2.45) is 0 Å². The summed E-state index contributed by atoms with van der Waals surface area (Å²) in [7, 11) is -3.03. The number of hydrogen-bond donors (Lipinski definition) is 0. The van der Waals surface area contributed by atoms with Gasteiger partial charge in [-0.3, -0.25) is 9.36 Å². The van der Waals surface area contributed by atoms with E-state index in [-0.39, 0.29) is 66.7 Å². The maximum atomic E-state index is 14.5. The molecule has 1 unspecified atom stereocenters. The molecule has 3 heterocycles. The lowest BCUT2D eigenvalue weighted by Crippen LogP contribution is -2.49. The molecule has 0 aliphatic carbocycles. The molecule has 0 spiro atoms. The van der Waals surface area contributed by atoms with Gasteiger partial charge in [0.05, 0.1) is 46.5 Å². The predicted molar refractivity (Wildman–Crippen MR) is 278 cm³/mol. The molecule has 0 N–H and O–H groups in total. The summed E-state index contributed by atoms with van der Waals surface area (Å²) >= 11 is 0. The van der Waals surface area contributed by atoms with Crippen LogP contribution in [0.5, 0.6) is 17.2 Å². The van der Waals surface area contributed by atoms with Crippen LogP contribution in [0, 0.1) is 11.3 Å². The Balaban J connectivity index is 1.32. The fraction of sp³-hybridized carbons (Fsp3) is 0.464. The molecule has 5 aromatic rings. The van der Waals surface area contributed by atoms with E-state index < -0.39 is 53.8 Å². The average molecular weight is 1020 g/mol. The van der Waals surface area contributed by atoms with Gasteiger partial charge < -0.3 is 36.9 Å². The minimum absolute atomic E-state index is 0.0224. The summed E-state index contributed by atoms with van der Waals surface area (Å²) in [5.74, 6) is 1.12. The van der Waals surface area contributed by atoms with E-state index in [4.69, 9.17) is 36.9 Å². The smallest absolute Gasteiger partial charge is 0.339 e. The Morgan fingerprint density at radius 1 is 0.778 bits per heavy atom. The van der Waals surface area contributed by atoms with E-state index in [9.17, 15) is 18.5 Å². The van der Waals surface area contributed by atoms with Crippen LogP contribution >= 0.6 is 8.53 Å². The van der Waals surface area contributed by atoms with Crippen LogP contribution in [-0.4, -0.2) is 81.6 Å². The molecule has 14 nitrogen and oxygen atoms in total. The third-order valence-electron chi connectivity index (χ3n) is 13.3. The Morgan fingerprint density at radius 3 is 1.82 bits per heavy atom. The zero-order chi connectivity index (χ0) is 52.1. The van der Waals surface area contributed by atoms with Gasteiger partial charge in [0.2, 0.25) is 0 Å². The summed E-state index contributed by atoms with van der Waals surface area (Å²) < 4.78 is 84.2. The minimum atomic E-state index is -4.42. The van der Waals surface area contributed by atoms with Crippen molar-refractivity contribution in [2.45, 2.75) is 140 Å². The molecular formula is C56H70N3O11PS. The monoisotopic (exact) mass is 1020 g/mol. The second-order valence-corrected chi connectivity index (χ2v) is 22.7. The summed E-state index contributed by atoms with van der Waals surface area (Å²) in [4.78, 5) is 14.6. The van der Waals surface area contributed by atoms with Crippen LogP contribution in [0.3, 0.4) is 0 Å². The van der Waals surface area contributed by atoms with Crippen LogP contribution in [0.4, 0.5) is 0 Å². The van der Waals surface area contributed by atoms with Crippen molar-refractivity contribution < 1.29 is 45.3 Å². The van der Waals surface area contributed by atoms with E-state index in [1.807, 2.05) is 119 Å². The van der Waals surface area contributed by atoms with Gasteiger partial charge in [-0.2, -0.15) is 13.7 Å². The summed E-state index contributed by atoms with van der Waals surface area (Å²) in [6, 6.07) is 33.9. The molecule has 386 valence electrons. The maximum Gasteiger partial charge on any atom is 0.339 e. The van der Waals surface area contributed by atoms with Crippen molar-refractivity contribution in [3.05, 3.63) is 153 Å². The van der Waals surface area contributed by atoms with Crippen LogP contribution in [0.1, 0.15) is 133 Å². The summed E-state index contributed by atoms with van der Waals surface area (Å²) in [5.41, 5.74) is 1.58. The van der Waals surface area contributed by atoms with E-state index in [0.29, 0.717) is 22.6 Å². The number of fused-ring (bicyclic) bond motifs is 2. The molecule has 1 aromatic heterocycles. The first-order chi connectivity index (χ1) is 34.3. The summed E-state index contributed by atoms with van der Waals surface area (Å²) in [5, 5.41) is 9.54. The van der Waals surface area contributed by atoms with Crippen LogP contribution in [0.15, 0.2) is 119 Å². The number of nitrogens with zero attached hydrogens (tertiary/aromatic N) is 3. The van der Waals surface area contributed by atoms with Gasteiger partial charge in [0.15, 0.2) is 6.23 Å². The zero-order valence-corrected chi connectivity index (χ0v) is 45.2. The molecule has 2 aliphatic rings. The SMILES string of the molecule is COc1ccc(C(OC[C@@]23CO[C@@H]([C@H](n4ccc(OS(=O)(=O)c5c(C(C)C)cc(C(C)C)cc5C(C)C)cc4=O)O2)[C@@H]3OP(OCCC#N)N(C(C)C)C(C)C)(c2ccccc2)c2ccc(OC)cc2)cc1. The molecule has 0 saturated carbocycles. The minimum Gasteiger partial charge on any atom is -0.497 e. The third kappa shape index (κ3) is 11.2. The largest absolute Gasteiger partial charge is 0.497 e. The topological polar surface area (TPSA) is 157 Å². The molecule has 0 amide bonds. The highest BCUT2D eigenvalue weighted by Crippen LogP contribution is 2.56. The van der Waals surface area contributed by atoms with Gasteiger partial charge in [-0.1, -0.05) is 108 Å². The Bertz CT molecular complexity index is 2750. The standard InChI is InChI=1S/C56H70N3O11PS/c1-36(2)41-31-48(37(3)4)52(49(32-41)38(5)6)72(61,62)70-47-27-29-58(50(60)33-47)54-51-53(69-71(67-30-16-28-57)59(39(7)8)40(9)10)55(68-54,34-65-51)35-66-56(42-17-14-13-15-18-42,43-19-23-45(63-11)24-20-43)44-21-25-46(64-12)26-22-44/h13-15,17-27,29,31-33,36-40,51,53-54H,16,30,34-35H2,1-12H3/t51-,53+,54-,55-,71?/m1/s1. The molecule has 2 fully saturated rings. The lowest BCUT2D eigenvalue weighted by molar-refractivity contribution is -0.203. The second kappa shape index (κ2) is 23.0. The highest BCUT2D eigenvalue weighted by atomic mass is 32.2. The molecule has 0 radical (unpaired) electrons. The van der Waals surface area contributed by atoms with Gasteiger partial charge in [-0.15, -0.1) is 0 Å². The summed E-state index contributed by atoms with van der Waals surface area (Å²) in [6.07, 6.45) is -1.20. The van der Waals surface area contributed by atoms with Gasteiger partial charge >= 0.3 is 10.1 Å². The second-order valence-electron chi connectivity index (χ2n) is 19.9. The van der Waals surface area contributed by atoms with Crippen LogP contribution in [0.25, 0.3) is 0 Å². The van der Waals surface area contributed by atoms with E-state index >= 15 is 0 Å². The first-order valence-electron chi connectivity index (χ1n) is 24.7. The quantitative estimate of drug-likeness (QED) is 0.0264. The molecule has 2 bridgehead atoms. The van der Waals surface area contributed by atoms with Crippen LogP contribution in [-0.2, 0) is 39.0 Å². The number of benzene rings is 4. The molecule has 2 saturated heterocycles. The number of hydrogen-bond acceptors (Lipinski definition) is 13. The lowest BCUT2D eigenvalue weighted by Gasteiger charge is -2.41. The first-order valence-corrected chi connectivity index (χ1v) is 27.2. The van der Waals surface area contributed by atoms with Crippen molar-refractivity contribution in [1.29, 1.82) is 5.26 Å². The zero-order valence-electron chi connectivity index (χ0n) is 43.5. The number of aromatic nitrogens is 1. The van der Waals surface area contributed by atoms with Gasteiger partial charge in [0.25, 0.3) is 14.1 Å². The number of ether oxygens (including phenoxy) is 5. The fourth-order valence-corrected chi connectivity index (χ4v) is 13.1. The normalized spacial score (nSPS) is 19.5. The van der Waals surface area contributed by atoms with Gasteiger partial charge in [0, 0.05) is 24.3 Å². The van der Waals surface area contributed by atoms with Gasteiger partial charge in [0.1, 0.15) is 45.6 Å². The number of pyridine rings is 1. The molecular weight excluding hydrogens is 954 g/mol. The Kier molecular flexibility index (Phi) is 17.4.